The number of ether oxygens (including phenoxy) is 3. The summed E-state index contributed by atoms with van der Waals surface area (Å²) >= 11 is 0. The molecule has 1 heterocycles. The van der Waals surface area contributed by atoms with Gasteiger partial charge in [0, 0.05) is 35.3 Å². The van der Waals surface area contributed by atoms with Gasteiger partial charge in [0.15, 0.2) is 0 Å². The van der Waals surface area contributed by atoms with Gasteiger partial charge in [-0.3, -0.25) is 10.1 Å². The third kappa shape index (κ3) is 6.13. The first-order chi connectivity index (χ1) is 14.6. The van der Waals surface area contributed by atoms with Gasteiger partial charge in [-0.05, 0) is 71.0 Å². The van der Waals surface area contributed by atoms with Crippen LogP contribution in [0.1, 0.15) is 56.1 Å². The number of rotatable bonds is 6. The molecule has 7 nitrogen and oxygen atoms in total. The van der Waals surface area contributed by atoms with Gasteiger partial charge in [-0.15, -0.1) is 0 Å². The van der Waals surface area contributed by atoms with Crippen molar-refractivity contribution in [3.8, 4) is 11.5 Å². The molecule has 1 aliphatic heterocycles. The van der Waals surface area contributed by atoms with Gasteiger partial charge >= 0.3 is 6.09 Å². The summed E-state index contributed by atoms with van der Waals surface area (Å²) in [6, 6.07) is 10.6. The van der Waals surface area contributed by atoms with Crippen molar-refractivity contribution in [1.29, 1.82) is 0 Å². The maximum atomic E-state index is 12.6. The lowest BCUT2D eigenvalue weighted by Crippen LogP contribution is -2.27. The standard InChI is InChI=1S/C24H30N2O5/c1-6-29-20-12-17-11-15(2)30-21(17)13-18(20)14-25-22(27)16-7-9-19(10-8-16)26-23(28)31-24(3,4)5/h7-10,12-13,15H,6,11,14H2,1-5H3,(H,25,27)(H,26,28). The number of benzene rings is 2. The van der Waals surface area contributed by atoms with E-state index < -0.39 is 11.7 Å². The lowest BCUT2D eigenvalue weighted by Gasteiger charge is -2.19. The van der Waals surface area contributed by atoms with Gasteiger partial charge in [0.1, 0.15) is 23.2 Å². The number of hydrogen-bond acceptors (Lipinski definition) is 5. The van der Waals surface area contributed by atoms with Crippen molar-refractivity contribution in [3.05, 3.63) is 53.1 Å². The van der Waals surface area contributed by atoms with E-state index in [4.69, 9.17) is 14.2 Å². The minimum Gasteiger partial charge on any atom is -0.494 e. The number of hydrogen-bond donors (Lipinski definition) is 2. The van der Waals surface area contributed by atoms with E-state index in [1.54, 1.807) is 45.0 Å². The fraction of sp³-hybridized carbons (Fsp3) is 0.417. The zero-order valence-electron chi connectivity index (χ0n) is 18.7. The van der Waals surface area contributed by atoms with Crippen molar-refractivity contribution in [3.63, 3.8) is 0 Å². The van der Waals surface area contributed by atoms with Crippen LogP contribution in [0, 0.1) is 0 Å². The van der Waals surface area contributed by atoms with Crippen LogP contribution >= 0.6 is 0 Å². The highest BCUT2D eigenvalue weighted by atomic mass is 16.6. The zero-order valence-corrected chi connectivity index (χ0v) is 18.7. The van der Waals surface area contributed by atoms with E-state index in [9.17, 15) is 9.59 Å². The van der Waals surface area contributed by atoms with Crippen LogP contribution in [0.15, 0.2) is 36.4 Å². The Balaban J connectivity index is 1.62. The molecule has 7 heteroatoms. The molecule has 0 aliphatic carbocycles. The molecule has 1 unspecified atom stereocenters. The minimum atomic E-state index is -0.578. The SMILES string of the molecule is CCOc1cc2c(cc1CNC(=O)c1ccc(NC(=O)OC(C)(C)C)cc1)OC(C)C2. The Morgan fingerprint density at radius 1 is 1.16 bits per heavy atom. The maximum absolute atomic E-state index is 12.6. The molecule has 1 atom stereocenters. The van der Waals surface area contributed by atoms with Crippen LogP contribution in [0.4, 0.5) is 10.5 Å². The van der Waals surface area contributed by atoms with Crippen LogP contribution in [0.2, 0.25) is 0 Å². The van der Waals surface area contributed by atoms with Crippen LogP contribution in [0.3, 0.4) is 0 Å². The molecule has 3 rings (SSSR count). The quantitative estimate of drug-likeness (QED) is 0.700. The smallest absolute Gasteiger partial charge is 0.412 e. The molecule has 0 aromatic heterocycles. The number of nitrogens with one attached hydrogen (secondary N) is 2. The fourth-order valence-corrected chi connectivity index (χ4v) is 3.31. The summed E-state index contributed by atoms with van der Waals surface area (Å²) in [5.74, 6) is 1.38. The average Bonchev–Trinajstić information content (AvgIpc) is 3.04. The molecule has 2 N–H and O–H groups in total. The number of amides is 2. The monoisotopic (exact) mass is 426 g/mol. The minimum absolute atomic E-state index is 0.141. The summed E-state index contributed by atoms with van der Waals surface area (Å²) in [5.41, 5.74) is 2.45. The van der Waals surface area contributed by atoms with Gasteiger partial charge in [-0.1, -0.05) is 0 Å². The van der Waals surface area contributed by atoms with E-state index in [2.05, 4.69) is 10.6 Å². The third-order valence-electron chi connectivity index (χ3n) is 4.61. The summed E-state index contributed by atoms with van der Waals surface area (Å²) in [6.07, 6.45) is 0.453. The van der Waals surface area contributed by atoms with Gasteiger partial charge in [-0.2, -0.15) is 0 Å². The third-order valence-corrected chi connectivity index (χ3v) is 4.61. The van der Waals surface area contributed by atoms with Gasteiger partial charge in [0.25, 0.3) is 5.91 Å². The van der Waals surface area contributed by atoms with Gasteiger partial charge < -0.3 is 19.5 Å². The van der Waals surface area contributed by atoms with Crippen molar-refractivity contribution in [2.45, 2.75) is 59.3 Å². The second kappa shape index (κ2) is 9.29. The summed E-state index contributed by atoms with van der Waals surface area (Å²) in [6.45, 7) is 10.2. The molecule has 0 radical (unpaired) electrons. The first kappa shape index (κ1) is 22.5. The maximum Gasteiger partial charge on any atom is 0.412 e. The van der Waals surface area contributed by atoms with Crippen molar-refractivity contribution in [2.24, 2.45) is 0 Å². The topological polar surface area (TPSA) is 85.9 Å². The van der Waals surface area contributed by atoms with Crippen LogP contribution in [0.25, 0.3) is 0 Å². The largest absolute Gasteiger partial charge is 0.494 e. The van der Waals surface area contributed by atoms with E-state index in [1.807, 2.05) is 26.0 Å². The first-order valence-electron chi connectivity index (χ1n) is 10.5. The molecular weight excluding hydrogens is 396 g/mol. The highest BCUT2D eigenvalue weighted by Gasteiger charge is 2.22. The van der Waals surface area contributed by atoms with E-state index in [0.29, 0.717) is 24.4 Å². The summed E-state index contributed by atoms with van der Waals surface area (Å²) in [7, 11) is 0. The van der Waals surface area contributed by atoms with Crippen molar-refractivity contribution >= 4 is 17.7 Å². The zero-order chi connectivity index (χ0) is 22.6. The highest BCUT2D eigenvalue weighted by molar-refractivity contribution is 5.95. The number of carbonyl (C=O) groups is 2. The molecule has 0 bridgehead atoms. The molecule has 31 heavy (non-hydrogen) atoms. The molecular formula is C24H30N2O5. The van der Waals surface area contributed by atoms with E-state index >= 15 is 0 Å². The summed E-state index contributed by atoms with van der Waals surface area (Å²) in [4.78, 5) is 24.5. The van der Waals surface area contributed by atoms with Crippen LogP contribution in [-0.2, 0) is 17.7 Å². The highest BCUT2D eigenvalue weighted by Crippen LogP contribution is 2.35. The number of anilines is 1. The van der Waals surface area contributed by atoms with Crippen LogP contribution in [0.5, 0.6) is 11.5 Å². The average molecular weight is 427 g/mol. The van der Waals surface area contributed by atoms with Gasteiger partial charge in [-0.25, -0.2) is 4.79 Å². The molecule has 2 aromatic carbocycles. The van der Waals surface area contributed by atoms with Crippen molar-refractivity contribution in [1.82, 2.24) is 5.32 Å². The lowest BCUT2D eigenvalue weighted by molar-refractivity contribution is 0.0635. The lowest BCUT2D eigenvalue weighted by atomic mass is 10.1. The molecule has 0 fully saturated rings. The van der Waals surface area contributed by atoms with Crippen LogP contribution < -0.4 is 20.1 Å². The molecule has 2 aromatic rings. The second-order valence-electron chi connectivity index (χ2n) is 8.52. The Hall–Kier alpha value is -3.22. The molecule has 0 saturated heterocycles. The van der Waals surface area contributed by atoms with Crippen molar-refractivity contribution < 1.29 is 23.8 Å². The van der Waals surface area contributed by atoms with Crippen molar-refractivity contribution in [2.75, 3.05) is 11.9 Å². The summed E-state index contributed by atoms with van der Waals surface area (Å²) in [5, 5.41) is 5.57. The molecule has 0 saturated carbocycles. The number of fused-ring (bicyclic) bond motifs is 1. The molecule has 0 spiro atoms. The van der Waals surface area contributed by atoms with E-state index in [1.165, 1.54) is 0 Å². The van der Waals surface area contributed by atoms with E-state index in [-0.39, 0.29) is 12.0 Å². The Bertz CT molecular complexity index is 948. The predicted octanol–water partition coefficient (Wildman–Crippen LogP) is 4.69. The Morgan fingerprint density at radius 3 is 2.52 bits per heavy atom. The van der Waals surface area contributed by atoms with Gasteiger partial charge in [0.05, 0.1) is 6.61 Å². The van der Waals surface area contributed by atoms with Gasteiger partial charge in [0.2, 0.25) is 0 Å². The normalized spacial score (nSPS) is 14.9. The Morgan fingerprint density at radius 2 is 1.87 bits per heavy atom. The number of carbonyl (C=O) groups excluding carboxylic acids is 2. The Labute approximate surface area is 183 Å². The predicted molar refractivity (Wildman–Crippen MR) is 119 cm³/mol. The summed E-state index contributed by atoms with van der Waals surface area (Å²) < 4.78 is 16.8. The first-order valence-corrected chi connectivity index (χ1v) is 10.5. The fourth-order valence-electron chi connectivity index (χ4n) is 3.31. The Kier molecular flexibility index (Phi) is 6.73. The molecule has 2 amide bonds. The second-order valence-corrected chi connectivity index (χ2v) is 8.52. The van der Waals surface area contributed by atoms with Crippen LogP contribution in [-0.4, -0.2) is 30.3 Å². The van der Waals surface area contributed by atoms with E-state index in [0.717, 1.165) is 29.0 Å². The molecule has 166 valence electrons. The molecule has 1 aliphatic rings.